The fourth-order valence-electron chi connectivity index (χ4n) is 2.65. The molecule has 2 N–H and O–H groups in total. The van der Waals surface area contributed by atoms with E-state index in [1.807, 2.05) is 6.07 Å². The molecule has 27 heavy (non-hydrogen) atoms. The summed E-state index contributed by atoms with van der Waals surface area (Å²) in [5.41, 5.74) is 1.93. The van der Waals surface area contributed by atoms with Gasteiger partial charge in [-0.3, -0.25) is 5.10 Å². The first-order valence-corrected chi connectivity index (χ1v) is 10.0. The van der Waals surface area contributed by atoms with Gasteiger partial charge in [0.2, 0.25) is 10.0 Å². The first-order valence-electron chi connectivity index (χ1n) is 8.01. The number of amidine groups is 1. The van der Waals surface area contributed by atoms with Crippen molar-refractivity contribution in [2.75, 3.05) is 0 Å². The Bertz CT molecular complexity index is 1140. The van der Waals surface area contributed by atoms with Gasteiger partial charge in [0.05, 0.1) is 11.9 Å². The van der Waals surface area contributed by atoms with Crippen LogP contribution in [0.2, 0.25) is 5.15 Å². The van der Waals surface area contributed by atoms with Crippen LogP contribution < -0.4 is 4.72 Å². The van der Waals surface area contributed by atoms with Crippen LogP contribution in [0.15, 0.2) is 46.5 Å². The Morgan fingerprint density at radius 1 is 1.26 bits per heavy atom. The van der Waals surface area contributed by atoms with Crippen LogP contribution >= 0.6 is 11.6 Å². The maximum Gasteiger partial charge on any atom is 0.217 e. The fraction of sp³-hybridized carbons (Fsp3) is 0.188. The zero-order chi connectivity index (χ0) is 18.9. The molecule has 0 saturated carbocycles. The predicted molar refractivity (Wildman–Crippen MR) is 102 cm³/mol. The lowest BCUT2D eigenvalue weighted by molar-refractivity contribution is 0.558. The van der Waals surface area contributed by atoms with Crippen LogP contribution in [0, 0.1) is 0 Å². The van der Waals surface area contributed by atoms with Gasteiger partial charge < -0.3 is 0 Å². The van der Waals surface area contributed by atoms with Gasteiger partial charge in [-0.2, -0.15) is 9.82 Å². The third-order valence-electron chi connectivity index (χ3n) is 3.79. The number of aromatic nitrogens is 4. The van der Waals surface area contributed by atoms with Crippen molar-refractivity contribution in [2.24, 2.45) is 9.98 Å². The molecule has 1 aromatic carbocycles. The van der Waals surface area contributed by atoms with Gasteiger partial charge in [-0.25, -0.2) is 28.4 Å². The van der Waals surface area contributed by atoms with Crippen LogP contribution in [0.4, 0.5) is 0 Å². The molecule has 0 aliphatic carbocycles. The average Bonchev–Trinajstić information content (AvgIpc) is 3.05. The summed E-state index contributed by atoms with van der Waals surface area (Å²) in [5.74, 6) is 0.160. The fourth-order valence-corrected chi connectivity index (χ4v) is 4.06. The maximum absolute atomic E-state index is 12.4. The molecule has 0 bridgehead atoms. The minimum atomic E-state index is -3.57. The Kier molecular flexibility index (Phi) is 4.68. The number of fused-ring (bicyclic) bond motifs is 1. The molecule has 0 fully saturated rings. The standard InChI is InChI=1S/C16H14ClN7O2S/c17-11-8-19-16-13(20-11)14(22-23-16)15-18-7-6-12(21-15)24-27(25,26)9-10-4-2-1-3-5-10/h1-5,7-8,12,24H,6,9H2,(H,19,22,23). The first kappa shape index (κ1) is 17.7. The number of sulfonamides is 1. The number of rotatable bonds is 5. The smallest absolute Gasteiger partial charge is 0.217 e. The maximum atomic E-state index is 12.4. The molecule has 2 aromatic heterocycles. The molecule has 138 valence electrons. The Labute approximate surface area is 159 Å². The average molecular weight is 404 g/mol. The molecule has 1 unspecified atom stereocenters. The van der Waals surface area contributed by atoms with Crippen molar-refractivity contribution in [3.8, 4) is 0 Å². The van der Waals surface area contributed by atoms with Crippen molar-refractivity contribution in [1.29, 1.82) is 0 Å². The molecular weight excluding hydrogens is 390 g/mol. The second-order valence-electron chi connectivity index (χ2n) is 5.84. The van der Waals surface area contributed by atoms with Crippen LogP contribution in [-0.2, 0) is 15.8 Å². The molecule has 3 aromatic rings. The molecule has 0 radical (unpaired) electrons. The lowest BCUT2D eigenvalue weighted by Crippen LogP contribution is -2.36. The number of hydrogen-bond donors (Lipinski definition) is 2. The van der Waals surface area contributed by atoms with E-state index < -0.39 is 16.2 Å². The van der Waals surface area contributed by atoms with Crippen LogP contribution in [0.5, 0.6) is 0 Å². The molecule has 1 aliphatic heterocycles. The largest absolute Gasteiger partial charge is 0.270 e. The Hall–Kier alpha value is -2.69. The molecule has 0 amide bonds. The minimum Gasteiger partial charge on any atom is -0.270 e. The molecule has 11 heteroatoms. The SMILES string of the molecule is O=S(=O)(Cc1ccccc1)NC1CC=NC(c2[nH]nc3ncc(Cl)nc23)=N1. The number of halogens is 1. The Morgan fingerprint density at radius 2 is 2.07 bits per heavy atom. The highest BCUT2D eigenvalue weighted by atomic mass is 35.5. The van der Waals surface area contributed by atoms with Crippen LogP contribution in [0.3, 0.4) is 0 Å². The molecule has 4 rings (SSSR count). The summed E-state index contributed by atoms with van der Waals surface area (Å²) >= 11 is 5.89. The van der Waals surface area contributed by atoms with E-state index in [1.54, 1.807) is 30.5 Å². The lowest BCUT2D eigenvalue weighted by atomic mass is 10.2. The molecule has 9 nitrogen and oxygen atoms in total. The quantitative estimate of drug-likeness (QED) is 0.670. The summed E-state index contributed by atoms with van der Waals surface area (Å²) in [6.07, 6.45) is 2.66. The van der Waals surface area contributed by atoms with Gasteiger partial charge in [-0.15, -0.1) is 0 Å². The van der Waals surface area contributed by atoms with Gasteiger partial charge in [-0.05, 0) is 5.56 Å². The Morgan fingerprint density at radius 3 is 2.89 bits per heavy atom. The molecule has 1 aliphatic rings. The summed E-state index contributed by atoms with van der Waals surface area (Å²) in [6.45, 7) is 0. The van der Waals surface area contributed by atoms with Gasteiger partial charge >= 0.3 is 0 Å². The number of hydrogen-bond acceptors (Lipinski definition) is 7. The van der Waals surface area contributed by atoms with Gasteiger partial charge in [0.15, 0.2) is 11.5 Å². The third kappa shape index (κ3) is 4.02. The number of nitrogens with one attached hydrogen (secondary N) is 2. The van der Waals surface area contributed by atoms with E-state index in [1.165, 1.54) is 6.20 Å². The number of benzene rings is 1. The van der Waals surface area contributed by atoms with Gasteiger partial charge in [0.25, 0.3) is 0 Å². The van der Waals surface area contributed by atoms with E-state index in [0.717, 1.165) is 0 Å². The monoisotopic (exact) mass is 403 g/mol. The van der Waals surface area contributed by atoms with E-state index in [0.29, 0.717) is 28.8 Å². The molecule has 0 spiro atoms. The molecule has 0 saturated heterocycles. The van der Waals surface area contributed by atoms with Crippen LogP contribution in [0.1, 0.15) is 17.7 Å². The van der Waals surface area contributed by atoms with Crippen molar-refractivity contribution in [3.05, 3.63) is 52.9 Å². The number of aliphatic imine (C=N–C) groups is 2. The topological polar surface area (TPSA) is 125 Å². The summed E-state index contributed by atoms with van der Waals surface area (Å²) in [6, 6.07) is 8.94. The van der Waals surface area contributed by atoms with Crippen molar-refractivity contribution in [3.63, 3.8) is 0 Å². The van der Waals surface area contributed by atoms with Gasteiger partial charge in [0, 0.05) is 12.6 Å². The first-order chi connectivity index (χ1) is 13.0. The van der Waals surface area contributed by atoms with E-state index in [-0.39, 0.29) is 16.7 Å². The molecular formula is C16H14ClN7O2S. The summed E-state index contributed by atoms with van der Waals surface area (Å²) in [7, 11) is -3.57. The highest BCUT2D eigenvalue weighted by Gasteiger charge is 2.22. The highest BCUT2D eigenvalue weighted by molar-refractivity contribution is 7.88. The van der Waals surface area contributed by atoms with Crippen molar-refractivity contribution >= 4 is 44.8 Å². The second kappa shape index (κ2) is 7.14. The van der Waals surface area contributed by atoms with Crippen LogP contribution in [0.25, 0.3) is 11.2 Å². The van der Waals surface area contributed by atoms with E-state index >= 15 is 0 Å². The normalized spacial score (nSPS) is 17.2. The number of H-pyrrole nitrogens is 1. The third-order valence-corrected chi connectivity index (χ3v) is 5.32. The zero-order valence-corrected chi connectivity index (χ0v) is 15.4. The second-order valence-corrected chi connectivity index (χ2v) is 7.98. The van der Waals surface area contributed by atoms with Gasteiger partial charge in [0.1, 0.15) is 22.5 Å². The van der Waals surface area contributed by atoms with Crippen LogP contribution in [-0.4, -0.2) is 46.8 Å². The summed E-state index contributed by atoms with van der Waals surface area (Å²) in [5, 5.41) is 7.03. The van der Waals surface area contributed by atoms with Crippen molar-refractivity contribution < 1.29 is 8.42 Å². The molecule has 3 heterocycles. The predicted octanol–water partition coefficient (Wildman–Crippen LogP) is 1.67. The van der Waals surface area contributed by atoms with Crippen molar-refractivity contribution in [2.45, 2.75) is 18.3 Å². The Balaban J connectivity index is 1.57. The van der Waals surface area contributed by atoms with E-state index in [4.69, 9.17) is 11.6 Å². The zero-order valence-electron chi connectivity index (χ0n) is 13.9. The summed E-state index contributed by atoms with van der Waals surface area (Å²) in [4.78, 5) is 16.8. The molecule has 1 atom stereocenters. The van der Waals surface area contributed by atoms with Crippen molar-refractivity contribution in [1.82, 2.24) is 24.9 Å². The summed E-state index contributed by atoms with van der Waals surface area (Å²) < 4.78 is 27.5. The number of nitrogens with zero attached hydrogens (tertiary/aromatic N) is 5. The lowest BCUT2D eigenvalue weighted by Gasteiger charge is -2.17. The van der Waals surface area contributed by atoms with E-state index in [9.17, 15) is 8.42 Å². The highest BCUT2D eigenvalue weighted by Crippen LogP contribution is 2.17. The number of aromatic amines is 1. The minimum absolute atomic E-state index is 0.125. The van der Waals surface area contributed by atoms with E-state index in [2.05, 4.69) is 34.9 Å². The van der Waals surface area contributed by atoms with Gasteiger partial charge in [-0.1, -0.05) is 41.9 Å².